The van der Waals surface area contributed by atoms with E-state index in [1.807, 2.05) is 11.3 Å². The molecule has 0 amide bonds. The molecular formula is C15H26N2OS. The van der Waals surface area contributed by atoms with Crippen molar-refractivity contribution >= 4 is 11.3 Å². The van der Waals surface area contributed by atoms with Gasteiger partial charge < -0.3 is 10.1 Å². The van der Waals surface area contributed by atoms with Gasteiger partial charge in [-0.15, -0.1) is 11.3 Å². The highest BCUT2D eigenvalue weighted by molar-refractivity contribution is 7.09. The van der Waals surface area contributed by atoms with E-state index in [0.29, 0.717) is 5.41 Å². The second kappa shape index (κ2) is 7.39. The van der Waals surface area contributed by atoms with E-state index >= 15 is 0 Å². The molecule has 0 saturated carbocycles. The van der Waals surface area contributed by atoms with Crippen LogP contribution in [-0.4, -0.2) is 44.3 Å². The van der Waals surface area contributed by atoms with Gasteiger partial charge in [0.05, 0.1) is 6.61 Å². The summed E-state index contributed by atoms with van der Waals surface area (Å²) in [5, 5.41) is 5.68. The van der Waals surface area contributed by atoms with Gasteiger partial charge in [-0.25, -0.2) is 0 Å². The first-order valence-corrected chi connectivity index (χ1v) is 8.19. The Morgan fingerprint density at radius 3 is 2.95 bits per heavy atom. The Morgan fingerprint density at radius 1 is 1.47 bits per heavy atom. The first-order valence-electron chi connectivity index (χ1n) is 7.31. The topological polar surface area (TPSA) is 24.5 Å². The molecule has 1 atom stereocenters. The van der Waals surface area contributed by atoms with E-state index in [0.717, 1.165) is 45.9 Å². The summed E-state index contributed by atoms with van der Waals surface area (Å²) in [5.74, 6) is 0. The summed E-state index contributed by atoms with van der Waals surface area (Å²) in [6.45, 7) is 11.7. The second-order valence-corrected chi connectivity index (χ2v) is 6.50. The van der Waals surface area contributed by atoms with Gasteiger partial charge in [0.1, 0.15) is 0 Å². The largest absolute Gasteiger partial charge is 0.381 e. The van der Waals surface area contributed by atoms with Crippen LogP contribution in [0.25, 0.3) is 0 Å². The molecule has 3 nitrogen and oxygen atoms in total. The van der Waals surface area contributed by atoms with Crippen molar-refractivity contribution in [3.8, 4) is 0 Å². The molecule has 1 N–H and O–H groups in total. The third-order valence-electron chi connectivity index (χ3n) is 3.90. The number of nitrogens with one attached hydrogen (secondary N) is 1. The normalized spacial score (nSPS) is 23.3. The van der Waals surface area contributed by atoms with Gasteiger partial charge in [-0.1, -0.05) is 19.9 Å². The van der Waals surface area contributed by atoms with Crippen molar-refractivity contribution in [2.45, 2.75) is 26.8 Å². The van der Waals surface area contributed by atoms with Gasteiger partial charge in [0.15, 0.2) is 0 Å². The fourth-order valence-electron chi connectivity index (χ4n) is 2.74. The average molecular weight is 282 g/mol. The Hall–Kier alpha value is -0.420. The number of thiophene rings is 1. The number of hydrogen-bond acceptors (Lipinski definition) is 4. The van der Waals surface area contributed by atoms with Crippen LogP contribution >= 0.6 is 11.3 Å². The van der Waals surface area contributed by atoms with Gasteiger partial charge in [0.2, 0.25) is 0 Å². The molecule has 1 aromatic heterocycles. The number of rotatable bonds is 8. The molecule has 0 aromatic carbocycles. The zero-order chi connectivity index (χ0) is 13.6. The molecule has 19 heavy (non-hydrogen) atoms. The maximum absolute atomic E-state index is 5.67. The predicted octanol–water partition coefficient (Wildman–Crippen LogP) is 2.59. The number of nitrogens with zero attached hydrogens (tertiary/aromatic N) is 1. The maximum Gasteiger partial charge on any atom is 0.0547 e. The Labute approximate surface area is 121 Å². The lowest BCUT2D eigenvalue weighted by Gasteiger charge is -2.33. The summed E-state index contributed by atoms with van der Waals surface area (Å²) in [6.07, 6.45) is 1.18. The first-order chi connectivity index (χ1) is 9.28. The van der Waals surface area contributed by atoms with Crippen molar-refractivity contribution in [3.05, 3.63) is 22.4 Å². The molecule has 108 valence electrons. The predicted molar refractivity (Wildman–Crippen MR) is 81.7 cm³/mol. The molecule has 0 spiro atoms. The SMILES string of the molecule is CCNCC1(CN(CC)Cc2cccs2)CCOC1. The Bertz CT molecular complexity index is 347. The molecule has 1 fully saturated rings. The summed E-state index contributed by atoms with van der Waals surface area (Å²) < 4.78 is 5.67. The number of ether oxygens (including phenoxy) is 1. The number of hydrogen-bond donors (Lipinski definition) is 1. The van der Waals surface area contributed by atoms with Gasteiger partial charge in [-0.3, -0.25) is 4.90 Å². The fraction of sp³-hybridized carbons (Fsp3) is 0.733. The second-order valence-electron chi connectivity index (χ2n) is 5.47. The van der Waals surface area contributed by atoms with Crippen LogP contribution in [0.3, 0.4) is 0 Å². The maximum atomic E-state index is 5.67. The average Bonchev–Trinajstić information content (AvgIpc) is 3.08. The zero-order valence-corrected chi connectivity index (χ0v) is 13.0. The fourth-order valence-corrected chi connectivity index (χ4v) is 3.48. The van der Waals surface area contributed by atoms with Crippen molar-refractivity contribution in [1.29, 1.82) is 0 Å². The zero-order valence-electron chi connectivity index (χ0n) is 12.2. The van der Waals surface area contributed by atoms with Crippen LogP contribution in [-0.2, 0) is 11.3 Å². The minimum atomic E-state index is 0.309. The molecular weight excluding hydrogens is 256 g/mol. The third kappa shape index (κ3) is 4.28. The van der Waals surface area contributed by atoms with Crippen molar-refractivity contribution in [3.63, 3.8) is 0 Å². The summed E-state index contributed by atoms with van der Waals surface area (Å²) in [4.78, 5) is 4.01. The summed E-state index contributed by atoms with van der Waals surface area (Å²) >= 11 is 1.85. The van der Waals surface area contributed by atoms with Gasteiger partial charge in [0, 0.05) is 36.5 Å². The third-order valence-corrected chi connectivity index (χ3v) is 4.76. The molecule has 1 aliphatic heterocycles. The van der Waals surface area contributed by atoms with Gasteiger partial charge >= 0.3 is 0 Å². The molecule has 0 aliphatic carbocycles. The van der Waals surface area contributed by atoms with Crippen molar-refractivity contribution < 1.29 is 4.74 Å². The van der Waals surface area contributed by atoms with E-state index in [2.05, 4.69) is 41.6 Å². The highest BCUT2D eigenvalue weighted by atomic mass is 32.1. The highest BCUT2D eigenvalue weighted by Crippen LogP contribution is 2.30. The molecule has 0 bridgehead atoms. The van der Waals surface area contributed by atoms with Crippen LogP contribution in [0.2, 0.25) is 0 Å². The van der Waals surface area contributed by atoms with E-state index < -0.39 is 0 Å². The van der Waals surface area contributed by atoms with E-state index in [1.165, 1.54) is 11.3 Å². The monoisotopic (exact) mass is 282 g/mol. The smallest absolute Gasteiger partial charge is 0.0547 e. The Kier molecular flexibility index (Phi) is 5.82. The van der Waals surface area contributed by atoms with Gasteiger partial charge in [0.25, 0.3) is 0 Å². The van der Waals surface area contributed by atoms with Crippen LogP contribution in [0.4, 0.5) is 0 Å². The van der Waals surface area contributed by atoms with Crippen LogP contribution < -0.4 is 5.32 Å². The van der Waals surface area contributed by atoms with E-state index in [9.17, 15) is 0 Å². The lowest BCUT2D eigenvalue weighted by molar-refractivity contribution is 0.108. The summed E-state index contributed by atoms with van der Waals surface area (Å²) in [5.41, 5.74) is 0.309. The van der Waals surface area contributed by atoms with E-state index in [1.54, 1.807) is 0 Å². The van der Waals surface area contributed by atoms with Crippen molar-refractivity contribution in [1.82, 2.24) is 10.2 Å². The first kappa shape index (κ1) is 15.0. The van der Waals surface area contributed by atoms with Crippen molar-refractivity contribution in [2.24, 2.45) is 5.41 Å². The molecule has 2 rings (SSSR count). The molecule has 1 saturated heterocycles. The van der Waals surface area contributed by atoms with Crippen LogP contribution in [0, 0.1) is 5.41 Å². The summed E-state index contributed by atoms with van der Waals surface area (Å²) in [7, 11) is 0. The molecule has 1 aliphatic rings. The van der Waals surface area contributed by atoms with Crippen molar-refractivity contribution in [2.75, 3.05) is 39.4 Å². The molecule has 2 heterocycles. The van der Waals surface area contributed by atoms with E-state index in [-0.39, 0.29) is 0 Å². The molecule has 1 aromatic rings. The lowest BCUT2D eigenvalue weighted by atomic mass is 9.86. The standard InChI is InChI=1S/C15H26N2OS/c1-3-16-11-15(7-8-18-13-15)12-17(4-2)10-14-6-5-9-19-14/h5-6,9,16H,3-4,7-8,10-13H2,1-2H3. The Morgan fingerprint density at radius 2 is 2.37 bits per heavy atom. The molecule has 4 heteroatoms. The van der Waals surface area contributed by atoms with Gasteiger partial charge in [-0.2, -0.15) is 0 Å². The van der Waals surface area contributed by atoms with Gasteiger partial charge in [-0.05, 0) is 31.0 Å². The lowest BCUT2D eigenvalue weighted by Crippen LogP contribution is -2.44. The molecule has 0 radical (unpaired) electrons. The highest BCUT2D eigenvalue weighted by Gasteiger charge is 2.35. The van der Waals surface area contributed by atoms with E-state index in [4.69, 9.17) is 4.74 Å². The summed E-state index contributed by atoms with van der Waals surface area (Å²) in [6, 6.07) is 4.37. The molecule has 1 unspecified atom stereocenters. The van der Waals surface area contributed by atoms with Crippen LogP contribution in [0.1, 0.15) is 25.1 Å². The van der Waals surface area contributed by atoms with Crippen LogP contribution in [0.5, 0.6) is 0 Å². The minimum Gasteiger partial charge on any atom is -0.381 e. The quantitative estimate of drug-likeness (QED) is 0.793. The van der Waals surface area contributed by atoms with Crippen LogP contribution in [0.15, 0.2) is 17.5 Å². The minimum absolute atomic E-state index is 0.309. The Balaban J connectivity index is 1.94.